The molecule has 1 saturated heterocycles. The molecule has 0 bridgehead atoms. The van der Waals surface area contributed by atoms with Crippen LogP contribution in [0.1, 0.15) is 12.6 Å². The van der Waals surface area contributed by atoms with Crippen LogP contribution in [0.5, 0.6) is 0 Å². The third-order valence-electron chi connectivity index (χ3n) is 3.69. The van der Waals surface area contributed by atoms with Crippen LogP contribution in [0, 0.1) is 0 Å². The lowest BCUT2D eigenvalue weighted by molar-refractivity contribution is 0.0533. The summed E-state index contributed by atoms with van der Waals surface area (Å²) < 4.78 is 5.65. The number of aromatic nitrogens is 1. The average Bonchev–Trinajstić information content (AvgIpc) is 2.47. The molecular formula is C16H21N3O. The first-order valence-corrected chi connectivity index (χ1v) is 7.18. The second-order valence-electron chi connectivity index (χ2n) is 5.31. The van der Waals surface area contributed by atoms with Crippen LogP contribution in [0.4, 0.5) is 5.69 Å². The van der Waals surface area contributed by atoms with Crippen LogP contribution in [0.3, 0.4) is 0 Å². The summed E-state index contributed by atoms with van der Waals surface area (Å²) in [5.41, 5.74) is 3.42. The van der Waals surface area contributed by atoms with Gasteiger partial charge in [-0.15, -0.1) is 0 Å². The van der Waals surface area contributed by atoms with Crippen molar-refractivity contribution in [3.05, 3.63) is 36.0 Å². The number of ether oxygens (including phenoxy) is 1. The van der Waals surface area contributed by atoms with E-state index in [1.54, 1.807) is 0 Å². The van der Waals surface area contributed by atoms with E-state index in [4.69, 9.17) is 9.72 Å². The predicted molar refractivity (Wildman–Crippen MR) is 82.1 cm³/mol. The Bertz CT molecular complexity index is 599. The monoisotopic (exact) mass is 271 g/mol. The number of hydrogen-bond acceptors (Lipinski definition) is 4. The van der Waals surface area contributed by atoms with Gasteiger partial charge in [-0.3, -0.25) is 4.98 Å². The first-order valence-electron chi connectivity index (χ1n) is 7.18. The van der Waals surface area contributed by atoms with Crippen LogP contribution in [0.2, 0.25) is 0 Å². The molecule has 0 saturated carbocycles. The average molecular weight is 271 g/mol. The third-order valence-corrected chi connectivity index (χ3v) is 3.69. The van der Waals surface area contributed by atoms with Crippen molar-refractivity contribution in [2.45, 2.75) is 19.6 Å². The molecule has 3 rings (SSSR count). The number of rotatable bonds is 3. The van der Waals surface area contributed by atoms with Crippen molar-refractivity contribution in [1.82, 2.24) is 10.3 Å². The molecule has 0 amide bonds. The van der Waals surface area contributed by atoms with E-state index in [2.05, 4.69) is 41.4 Å². The summed E-state index contributed by atoms with van der Waals surface area (Å²) in [6, 6.07) is 10.6. The molecule has 2 heterocycles. The number of hydrogen-bond donors (Lipinski definition) is 1. The van der Waals surface area contributed by atoms with E-state index in [1.165, 1.54) is 11.1 Å². The van der Waals surface area contributed by atoms with E-state index in [1.807, 2.05) is 13.1 Å². The zero-order chi connectivity index (χ0) is 13.9. The van der Waals surface area contributed by atoms with Crippen molar-refractivity contribution in [2.75, 3.05) is 31.6 Å². The number of nitrogens with one attached hydrogen (secondary N) is 1. The minimum absolute atomic E-state index is 0.281. The van der Waals surface area contributed by atoms with Crippen LogP contribution in [-0.4, -0.2) is 37.8 Å². The standard InChI is InChI=1S/C16H21N3O/c1-12-11-19(7-8-20-12)16-9-13(10-17-2)18-15-6-4-3-5-14(15)16/h3-6,9,12,17H,7-8,10-11H2,1-2H3. The van der Waals surface area contributed by atoms with Gasteiger partial charge in [0.15, 0.2) is 0 Å². The SMILES string of the molecule is CNCc1cc(N2CCOC(C)C2)c2ccccc2n1. The minimum atomic E-state index is 0.281. The van der Waals surface area contributed by atoms with Gasteiger partial charge in [-0.05, 0) is 26.1 Å². The van der Waals surface area contributed by atoms with Gasteiger partial charge in [-0.25, -0.2) is 0 Å². The largest absolute Gasteiger partial charge is 0.375 e. The molecule has 2 aromatic rings. The Labute approximate surface area is 119 Å². The van der Waals surface area contributed by atoms with Crippen molar-refractivity contribution < 1.29 is 4.74 Å². The summed E-state index contributed by atoms with van der Waals surface area (Å²) in [4.78, 5) is 7.13. The van der Waals surface area contributed by atoms with Crippen molar-refractivity contribution >= 4 is 16.6 Å². The van der Waals surface area contributed by atoms with Gasteiger partial charge < -0.3 is 15.0 Å². The highest BCUT2D eigenvalue weighted by Crippen LogP contribution is 2.28. The van der Waals surface area contributed by atoms with Crippen LogP contribution in [0.15, 0.2) is 30.3 Å². The number of para-hydroxylation sites is 1. The van der Waals surface area contributed by atoms with Gasteiger partial charge in [0, 0.05) is 30.7 Å². The fourth-order valence-electron chi connectivity index (χ4n) is 2.78. The maximum absolute atomic E-state index is 5.65. The van der Waals surface area contributed by atoms with Gasteiger partial charge in [-0.1, -0.05) is 18.2 Å². The lowest BCUT2D eigenvalue weighted by Gasteiger charge is -2.33. The molecule has 106 valence electrons. The number of nitrogens with zero attached hydrogens (tertiary/aromatic N) is 2. The quantitative estimate of drug-likeness (QED) is 0.928. The molecule has 1 aliphatic heterocycles. The third kappa shape index (κ3) is 2.62. The summed E-state index contributed by atoms with van der Waals surface area (Å²) in [7, 11) is 1.95. The number of anilines is 1. The van der Waals surface area contributed by atoms with Crippen LogP contribution < -0.4 is 10.2 Å². The lowest BCUT2D eigenvalue weighted by atomic mass is 10.1. The highest BCUT2D eigenvalue weighted by Gasteiger charge is 2.19. The fraction of sp³-hybridized carbons (Fsp3) is 0.438. The van der Waals surface area contributed by atoms with Gasteiger partial charge in [0.25, 0.3) is 0 Å². The number of morpholine rings is 1. The highest BCUT2D eigenvalue weighted by molar-refractivity contribution is 5.92. The topological polar surface area (TPSA) is 37.4 Å². The van der Waals surface area contributed by atoms with Gasteiger partial charge in [0.05, 0.1) is 23.9 Å². The molecule has 1 aliphatic rings. The second-order valence-corrected chi connectivity index (χ2v) is 5.31. The molecule has 4 nitrogen and oxygen atoms in total. The maximum Gasteiger partial charge on any atom is 0.0726 e. The molecular weight excluding hydrogens is 250 g/mol. The zero-order valence-electron chi connectivity index (χ0n) is 12.1. The molecule has 1 fully saturated rings. The predicted octanol–water partition coefficient (Wildman–Crippen LogP) is 2.18. The van der Waals surface area contributed by atoms with Crippen LogP contribution in [-0.2, 0) is 11.3 Å². The van der Waals surface area contributed by atoms with Crippen molar-refractivity contribution in [2.24, 2.45) is 0 Å². The normalized spacial score (nSPS) is 19.5. The Hall–Kier alpha value is -1.65. The van der Waals surface area contributed by atoms with E-state index >= 15 is 0 Å². The molecule has 1 aromatic heterocycles. The molecule has 1 unspecified atom stereocenters. The van der Waals surface area contributed by atoms with E-state index in [0.717, 1.165) is 37.5 Å². The lowest BCUT2D eigenvalue weighted by Crippen LogP contribution is -2.41. The smallest absolute Gasteiger partial charge is 0.0726 e. The molecule has 4 heteroatoms. The van der Waals surface area contributed by atoms with E-state index in [9.17, 15) is 0 Å². The van der Waals surface area contributed by atoms with Crippen molar-refractivity contribution in [3.63, 3.8) is 0 Å². The Morgan fingerprint density at radius 3 is 3.05 bits per heavy atom. The molecule has 1 aromatic carbocycles. The molecule has 0 spiro atoms. The van der Waals surface area contributed by atoms with Crippen LogP contribution >= 0.6 is 0 Å². The molecule has 1 atom stereocenters. The fourth-order valence-corrected chi connectivity index (χ4v) is 2.78. The van der Waals surface area contributed by atoms with E-state index < -0.39 is 0 Å². The van der Waals surface area contributed by atoms with Gasteiger partial charge in [0.2, 0.25) is 0 Å². The minimum Gasteiger partial charge on any atom is -0.375 e. The Morgan fingerprint density at radius 1 is 1.40 bits per heavy atom. The number of benzene rings is 1. The van der Waals surface area contributed by atoms with Gasteiger partial charge >= 0.3 is 0 Å². The highest BCUT2D eigenvalue weighted by atomic mass is 16.5. The Morgan fingerprint density at radius 2 is 2.25 bits per heavy atom. The van der Waals surface area contributed by atoms with Crippen molar-refractivity contribution in [1.29, 1.82) is 0 Å². The number of fused-ring (bicyclic) bond motifs is 1. The second kappa shape index (κ2) is 5.77. The summed E-state index contributed by atoms with van der Waals surface area (Å²) in [6.07, 6.45) is 0.281. The Balaban J connectivity index is 2.06. The molecule has 0 radical (unpaired) electrons. The first-order chi connectivity index (χ1) is 9.78. The molecule has 20 heavy (non-hydrogen) atoms. The summed E-state index contributed by atoms with van der Waals surface area (Å²) >= 11 is 0. The van der Waals surface area contributed by atoms with Crippen LogP contribution in [0.25, 0.3) is 10.9 Å². The summed E-state index contributed by atoms with van der Waals surface area (Å²) in [5, 5.41) is 4.41. The summed E-state index contributed by atoms with van der Waals surface area (Å²) in [6.45, 7) is 5.59. The van der Waals surface area contributed by atoms with E-state index in [-0.39, 0.29) is 6.10 Å². The van der Waals surface area contributed by atoms with Gasteiger partial charge in [-0.2, -0.15) is 0 Å². The molecule has 0 aliphatic carbocycles. The Kier molecular flexibility index (Phi) is 3.85. The van der Waals surface area contributed by atoms with E-state index in [0.29, 0.717) is 0 Å². The maximum atomic E-state index is 5.65. The first kappa shape index (κ1) is 13.3. The summed E-state index contributed by atoms with van der Waals surface area (Å²) in [5.74, 6) is 0. The number of pyridine rings is 1. The zero-order valence-corrected chi connectivity index (χ0v) is 12.1. The molecule has 1 N–H and O–H groups in total. The van der Waals surface area contributed by atoms with Gasteiger partial charge in [0.1, 0.15) is 0 Å². The van der Waals surface area contributed by atoms with Crippen molar-refractivity contribution in [3.8, 4) is 0 Å².